The molecule has 3 aromatic rings. The summed E-state index contributed by atoms with van der Waals surface area (Å²) in [6, 6.07) is 16.7. The van der Waals surface area contributed by atoms with Crippen molar-refractivity contribution in [2.24, 2.45) is 0 Å². The Morgan fingerprint density at radius 3 is 2.08 bits per heavy atom. The van der Waals surface area contributed by atoms with Crippen LogP contribution >= 0.6 is 0 Å². The maximum Gasteiger partial charge on any atom is 0.264 e. The number of amides is 1. The molecule has 0 saturated carbocycles. The van der Waals surface area contributed by atoms with Crippen LogP contribution in [-0.4, -0.2) is 42.2 Å². The molecule has 0 saturated heterocycles. The lowest BCUT2D eigenvalue weighted by Gasteiger charge is -2.26. The van der Waals surface area contributed by atoms with Crippen molar-refractivity contribution in [3.63, 3.8) is 0 Å². The first kappa shape index (κ1) is 26.9. The molecule has 0 bridgehead atoms. The minimum atomic E-state index is -4.14. The Morgan fingerprint density at radius 1 is 0.861 bits per heavy atom. The lowest BCUT2D eigenvalue weighted by atomic mass is 10.1. The smallest absolute Gasteiger partial charge is 0.264 e. The van der Waals surface area contributed by atoms with Gasteiger partial charge in [0.15, 0.2) is 11.5 Å². The average Bonchev–Trinajstić information content (AvgIpc) is 2.85. The number of methoxy groups -OCH3 is 3. The standard InChI is InChI=1S/C27H32N2O6S/c1-18-13-19(2)15-21(14-18)29(36(31,32)22-11-12-25(34-5)26(16-22)35-6)17-27(30)28-20(3)23-9-7-8-10-24(23)33-4/h7-16,20H,17H2,1-6H3,(H,28,30)/t20-/m1/s1. The molecular weight excluding hydrogens is 480 g/mol. The molecular formula is C27H32N2O6S. The molecule has 192 valence electrons. The van der Waals surface area contributed by atoms with Crippen LogP contribution in [0, 0.1) is 13.8 Å². The molecule has 9 heteroatoms. The third-order valence-electron chi connectivity index (χ3n) is 5.71. The Morgan fingerprint density at radius 2 is 1.47 bits per heavy atom. The van der Waals surface area contributed by atoms with Crippen molar-refractivity contribution in [3.8, 4) is 17.2 Å². The van der Waals surface area contributed by atoms with E-state index in [0.717, 1.165) is 21.0 Å². The number of carbonyl (C=O) groups is 1. The van der Waals surface area contributed by atoms with Gasteiger partial charge in [0.05, 0.1) is 38.0 Å². The van der Waals surface area contributed by atoms with Gasteiger partial charge in [-0.1, -0.05) is 24.3 Å². The molecule has 0 fully saturated rings. The van der Waals surface area contributed by atoms with Gasteiger partial charge in [0.1, 0.15) is 12.3 Å². The zero-order valence-electron chi connectivity index (χ0n) is 21.4. The van der Waals surface area contributed by atoms with E-state index in [1.165, 1.54) is 32.4 Å². The summed E-state index contributed by atoms with van der Waals surface area (Å²) in [6.45, 7) is 5.15. The van der Waals surface area contributed by atoms with Crippen molar-refractivity contribution in [3.05, 3.63) is 77.4 Å². The van der Waals surface area contributed by atoms with Crippen LogP contribution < -0.4 is 23.8 Å². The number of aryl methyl sites for hydroxylation is 2. The summed E-state index contributed by atoms with van der Waals surface area (Å²) in [6.07, 6.45) is 0. The van der Waals surface area contributed by atoms with Gasteiger partial charge in [0.25, 0.3) is 10.0 Å². The van der Waals surface area contributed by atoms with Crippen LogP contribution in [0.2, 0.25) is 0 Å². The summed E-state index contributed by atoms with van der Waals surface area (Å²) < 4.78 is 44.7. The van der Waals surface area contributed by atoms with Crippen LogP contribution in [0.5, 0.6) is 17.2 Å². The zero-order valence-corrected chi connectivity index (χ0v) is 22.2. The molecule has 0 aliphatic rings. The fraction of sp³-hybridized carbons (Fsp3) is 0.296. The molecule has 0 unspecified atom stereocenters. The maximum atomic E-state index is 13.8. The van der Waals surface area contributed by atoms with E-state index in [-0.39, 0.29) is 10.6 Å². The number of nitrogens with one attached hydrogen (secondary N) is 1. The minimum Gasteiger partial charge on any atom is -0.496 e. The van der Waals surface area contributed by atoms with E-state index >= 15 is 0 Å². The highest BCUT2D eigenvalue weighted by molar-refractivity contribution is 7.92. The molecule has 3 rings (SSSR count). The number of carbonyl (C=O) groups excluding carboxylic acids is 1. The Kier molecular flexibility index (Phi) is 8.47. The highest BCUT2D eigenvalue weighted by Crippen LogP contribution is 2.33. The number of benzene rings is 3. The van der Waals surface area contributed by atoms with E-state index in [2.05, 4.69) is 5.32 Å². The van der Waals surface area contributed by atoms with Crippen molar-refractivity contribution in [2.45, 2.75) is 31.7 Å². The van der Waals surface area contributed by atoms with Crippen LogP contribution in [0.25, 0.3) is 0 Å². The van der Waals surface area contributed by atoms with Crippen molar-refractivity contribution < 1.29 is 27.4 Å². The quantitative estimate of drug-likeness (QED) is 0.433. The van der Waals surface area contributed by atoms with Gasteiger partial charge in [0.2, 0.25) is 5.91 Å². The Hall–Kier alpha value is -3.72. The summed E-state index contributed by atoms with van der Waals surface area (Å²) in [5.74, 6) is 0.844. The largest absolute Gasteiger partial charge is 0.496 e. The van der Waals surface area contributed by atoms with Crippen LogP contribution in [0.15, 0.2) is 65.6 Å². The fourth-order valence-electron chi connectivity index (χ4n) is 4.03. The predicted octanol–water partition coefficient (Wildman–Crippen LogP) is 4.40. The molecule has 0 spiro atoms. The monoisotopic (exact) mass is 512 g/mol. The third-order valence-corrected chi connectivity index (χ3v) is 7.48. The number of nitrogens with zero attached hydrogens (tertiary/aromatic N) is 1. The maximum absolute atomic E-state index is 13.8. The van der Waals surface area contributed by atoms with E-state index in [4.69, 9.17) is 14.2 Å². The van der Waals surface area contributed by atoms with E-state index in [9.17, 15) is 13.2 Å². The molecule has 0 aliphatic carbocycles. The first-order chi connectivity index (χ1) is 17.1. The van der Waals surface area contributed by atoms with Crippen LogP contribution in [-0.2, 0) is 14.8 Å². The zero-order chi connectivity index (χ0) is 26.5. The van der Waals surface area contributed by atoms with Gasteiger partial charge in [-0.05, 0) is 62.2 Å². The van der Waals surface area contributed by atoms with E-state index in [1.807, 2.05) is 45.0 Å². The number of ether oxygens (including phenoxy) is 3. The van der Waals surface area contributed by atoms with E-state index in [1.54, 1.807) is 25.3 Å². The van der Waals surface area contributed by atoms with Gasteiger partial charge in [-0.3, -0.25) is 9.10 Å². The number of para-hydroxylation sites is 1. The molecule has 1 amide bonds. The summed E-state index contributed by atoms with van der Waals surface area (Å²) in [7, 11) is 0.326. The highest BCUT2D eigenvalue weighted by Gasteiger charge is 2.29. The topological polar surface area (TPSA) is 94.2 Å². The minimum absolute atomic E-state index is 0.0233. The van der Waals surface area contributed by atoms with Gasteiger partial charge in [0, 0.05) is 11.6 Å². The molecule has 36 heavy (non-hydrogen) atoms. The Balaban J connectivity index is 1.99. The number of rotatable bonds is 10. The summed E-state index contributed by atoms with van der Waals surface area (Å²) in [5.41, 5.74) is 2.93. The average molecular weight is 513 g/mol. The molecule has 3 aromatic carbocycles. The predicted molar refractivity (Wildman–Crippen MR) is 140 cm³/mol. The number of hydrogen-bond donors (Lipinski definition) is 1. The Bertz CT molecular complexity index is 1320. The fourth-order valence-corrected chi connectivity index (χ4v) is 5.45. The molecule has 0 aliphatic heterocycles. The summed E-state index contributed by atoms with van der Waals surface area (Å²) in [5, 5.41) is 2.89. The SMILES string of the molecule is COc1ccc(S(=O)(=O)N(CC(=O)N[C@H](C)c2ccccc2OC)c2cc(C)cc(C)c2)cc1OC. The lowest BCUT2D eigenvalue weighted by molar-refractivity contribution is -0.120. The molecule has 1 N–H and O–H groups in total. The number of sulfonamides is 1. The van der Waals surface area contributed by atoms with Crippen molar-refractivity contribution in [1.29, 1.82) is 0 Å². The van der Waals surface area contributed by atoms with Crippen molar-refractivity contribution in [2.75, 3.05) is 32.2 Å². The normalized spacial score (nSPS) is 11.9. The van der Waals surface area contributed by atoms with Crippen molar-refractivity contribution >= 4 is 21.6 Å². The van der Waals surface area contributed by atoms with Crippen LogP contribution in [0.1, 0.15) is 29.7 Å². The second-order valence-electron chi connectivity index (χ2n) is 8.41. The van der Waals surface area contributed by atoms with E-state index < -0.39 is 28.5 Å². The second-order valence-corrected chi connectivity index (χ2v) is 10.3. The van der Waals surface area contributed by atoms with Gasteiger partial charge in [-0.2, -0.15) is 0 Å². The highest BCUT2D eigenvalue weighted by atomic mass is 32.2. The third kappa shape index (κ3) is 5.91. The number of hydrogen-bond acceptors (Lipinski definition) is 6. The van der Waals surface area contributed by atoms with Crippen LogP contribution in [0.3, 0.4) is 0 Å². The summed E-state index contributed by atoms with van der Waals surface area (Å²) >= 11 is 0. The summed E-state index contributed by atoms with van der Waals surface area (Å²) in [4.78, 5) is 13.2. The van der Waals surface area contributed by atoms with E-state index in [0.29, 0.717) is 17.2 Å². The first-order valence-corrected chi connectivity index (χ1v) is 12.8. The number of anilines is 1. The molecule has 0 aromatic heterocycles. The van der Waals surface area contributed by atoms with Crippen LogP contribution in [0.4, 0.5) is 5.69 Å². The van der Waals surface area contributed by atoms with Gasteiger partial charge in [-0.15, -0.1) is 0 Å². The first-order valence-electron chi connectivity index (χ1n) is 11.4. The van der Waals surface area contributed by atoms with Gasteiger partial charge in [-0.25, -0.2) is 8.42 Å². The lowest BCUT2D eigenvalue weighted by Crippen LogP contribution is -2.41. The molecule has 0 heterocycles. The molecule has 0 radical (unpaired) electrons. The second kappa shape index (κ2) is 11.3. The molecule has 1 atom stereocenters. The Labute approximate surface area is 212 Å². The molecule has 8 nitrogen and oxygen atoms in total. The van der Waals surface area contributed by atoms with Crippen molar-refractivity contribution in [1.82, 2.24) is 5.32 Å². The van der Waals surface area contributed by atoms with Gasteiger partial charge < -0.3 is 19.5 Å². The van der Waals surface area contributed by atoms with Gasteiger partial charge >= 0.3 is 0 Å².